The lowest BCUT2D eigenvalue weighted by Crippen LogP contribution is -2.53. The number of guanidine groups is 1. The number of para-hydroxylation sites is 1. The highest BCUT2D eigenvalue weighted by Crippen LogP contribution is 2.16. The van der Waals surface area contributed by atoms with Crippen LogP contribution in [0, 0.1) is 0 Å². The van der Waals surface area contributed by atoms with Crippen LogP contribution in [0.5, 0.6) is 0 Å². The highest BCUT2D eigenvalue weighted by atomic mass is 15.3. The third-order valence-electron chi connectivity index (χ3n) is 4.26. The predicted octanol–water partition coefficient (Wildman–Crippen LogP) is 1.55. The normalized spacial score (nSPS) is 17.7. The Labute approximate surface area is 140 Å². The van der Waals surface area contributed by atoms with Crippen LogP contribution in [0.25, 0.3) is 0 Å². The number of hydrogen-bond acceptors (Lipinski definition) is 3. The van der Waals surface area contributed by atoms with Crippen molar-refractivity contribution in [3.63, 3.8) is 0 Å². The highest BCUT2D eigenvalue weighted by Gasteiger charge is 2.21. The summed E-state index contributed by atoms with van der Waals surface area (Å²) in [6.45, 7) is 11.9. The molecule has 1 fully saturated rings. The van der Waals surface area contributed by atoms with Gasteiger partial charge in [0.25, 0.3) is 0 Å². The molecule has 1 saturated heterocycles. The standard InChI is InChI=1S/C18H29N5/c1-4-10-20-18(19-3)21-15-16(2)22-11-13-23(14-12-22)17-8-6-5-7-9-17/h4-9,16H,1,10-15H2,2-3H3,(H2,19,20,21). The van der Waals surface area contributed by atoms with Crippen molar-refractivity contribution in [1.29, 1.82) is 0 Å². The fourth-order valence-electron chi connectivity index (χ4n) is 2.82. The smallest absolute Gasteiger partial charge is 0.191 e. The van der Waals surface area contributed by atoms with E-state index in [4.69, 9.17) is 0 Å². The van der Waals surface area contributed by atoms with Crippen molar-refractivity contribution < 1.29 is 0 Å². The van der Waals surface area contributed by atoms with Crippen molar-refractivity contribution >= 4 is 11.6 Å². The molecule has 5 nitrogen and oxygen atoms in total. The van der Waals surface area contributed by atoms with E-state index in [0.717, 1.165) is 45.2 Å². The molecule has 1 aliphatic rings. The summed E-state index contributed by atoms with van der Waals surface area (Å²) in [4.78, 5) is 9.21. The Morgan fingerprint density at radius 1 is 1.22 bits per heavy atom. The average molecular weight is 315 g/mol. The van der Waals surface area contributed by atoms with E-state index in [2.05, 4.69) is 69.3 Å². The van der Waals surface area contributed by atoms with Crippen LogP contribution >= 0.6 is 0 Å². The first kappa shape index (κ1) is 17.3. The molecule has 0 bridgehead atoms. The molecule has 1 atom stereocenters. The molecule has 2 N–H and O–H groups in total. The second kappa shape index (κ2) is 9.20. The molecule has 0 aliphatic carbocycles. The third kappa shape index (κ3) is 5.28. The molecular formula is C18H29N5. The van der Waals surface area contributed by atoms with Gasteiger partial charge in [-0.25, -0.2) is 0 Å². The Hall–Kier alpha value is -2.01. The van der Waals surface area contributed by atoms with Gasteiger partial charge in [-0.15, -0.1) is 6.58 Å². The number of rotatable bonds is 6. The second-order valence-corrected chi connectivity index (χ2v) is 5.83. The number of anilines is 1. The molecule has 5 heteroatoms. The number of hydrogen-bond donors (Lipinski definition) is 2. The lowest BCUT2D eigenvalue weighted by molar-refractivity contribution is 0.197. The monoisotopic (exact) mass is 315 g/mol. The minimum absolute atomic E-state index is 0.482. The van der Waals surface area contributed by atoms with Crippen LogP contribution in [-0.2, 0) is 0 Å². The van der Waals surface area contributed by atoms with E-state index in [1.807, 2.05) is 6.08 Å². The second-order valence-electron chi connectivity index (χ2n) is 5.83. The summed E-state index contributed by atoms with van der Waals surface area (Å²) in [5, 5.41) is 6.58. The minimum Gasteiger partial charge on any atom is -0.369 e. The Morgan fingerprint density at radius 2 is 1.91 bits per heavy atom. The predicted molar refractivity (Wildman–Crippen MR) is 99.3 cm³/mol. The largest absolute Gasteiger partial charge is 0.369 e. The third-order valence-corrected chi connectivity index (χ3v) is 4.26. The van der Waals surface area contributed by atoms with Gasteiger partial charge in [-0.1, -0.05) is 24.3 Å². The number of piperazine rings is 1. The van der Waals surface area contributed by atoms with Gasteiger partial charge >= 0.3 is 0 Å². The van der Waals surface area contributed by atoms with Gasteiger partial charge in [0.1, 0.15) is 0 Å². The lowest BCUT2D eigenvalue weighted by Gasteiger charge is -2.39. The fraction of sp³-hybridized carbons (Fsp3) is 0.500. The Bertz CT molecular complexity index is 491. The summed E-state index contributed by atoms with van der Waals surface area (Å²) >= 11 is 0. The van der Waals surface area contributed by atoms with Crippen molar-refractivity contribution in [3.05, 3.63) is 43.0 Å². The van der Waals surface area contributed by atoms with Crippen LogP contribution in [0.1, 0.15) is 6.92 Å². The molecule has 1 unspecified atom stereocenters. The fourth-order valence-corrected chi connectivity index (χ4v) is 2.82. The van der Waals surface area contributed by atoms with Gasteiger partial charge in [-0.3, -0.25) is 9.89 Å². The van der Waals surface area contributed by atoms with Crippen molar-refractivity contribution in [3.8, 4) is 0 Å². The Morgan fingerprint density at radius 3 is 2.52 bits per heavy atom. The van der Waals surface area contributed by atoms with Crippen LogP contribution in [-0.4, -0.2) is 63.2 Å². The first-order valence-electron chi connectivity index (χ1n) is 8.34. The highest BCUT2D eigenvalue weighted by molar-refractivity contribution is 5.79. The summed E-state index contributed by atoms with van der Waals surface area (Å²) in [6.07, 6.45) is 1.83. The average Bonchev–Trinajstić information content (AvgIpc) is 2.62. The zero-order valence-electron chi connectivity index (χ0n) is 14.3. The van der Waals surface area contributed by atoms with Gasteiger partial charge in [0.05, 0.1) is 0 Å². The van der Waals surface area contributed by atoms with Gasteiger partial charge in [0.15, 0.2) is 5.96 Å². The minimum atomic E-state index is 0.482. The van der Waals surface area contributed by atoms with Crippen molar-refractivity contribution in [2.75, 3.05) is 51.2 Å². The van der Waals surface area contributed by atoms with Crippen LogP contribution in [0.3, 0.4) is 0 Å². The molecule has 0 amide bonds. The molecular weight excluding hydrogens is 286 g/mol. The van der Waals surface area contributed by atoms with Crippen molar-refractivity contribution in [2.24, 2.45) is 4.99 Å². The molecule has 1 heterocycles. The van der Waals surface area contributed by atoms with E-state index >= 15 is 0 Å². The first-order chi connectivity index (χ1) is 11.2. The molecule has 1 aromatic carbocycles. The van der Waals surface area contributed by atoms with Gasteiger partial charge in [0.2, 0.25) is 0 Å². The summed E-state index contributed by atoms with van der Waals surface area (Å²) in [5.41, 5.74) is 1.33. The quantitative estimate of drug-likeness (QED) is 0.475. The molecule has 23 heavy (non-hydrogen) atoms. The number of aliphatic imine (C=N–C) groups is 1. The van der Waals surface area contributed by atoms with E-state index in [-0.39, 0.29) is 0 Å². The topological polar surface area (TPSA) is 42.9 Å². The molecule has 1 aromatic rings. The maximum absolute atomic E-state index is 4.21. The van der Waals surface area contributed by atoms with E-state index < -0.39 is 0 Å². The van der Waals surface area contributed by atoms with Crippen LogP contribution < -0.4 is 15.5 Å². The molecule has 126 valence electrons. The van der Waals surface area contributed by atoms with E-state index in [1.165, 1.54) is 5.69 Å². The number of nitrogens with one attached hydrogen (secondary N) is 2. The van der Waals surface area contributed by atoms with Crippen molar-refractivity contribution in [1.82, 2.24) is 15.5 Å². The lowest BCUT2D eigenvalue weighted by atomic mass is 10.2. The zero-order chi connectivity index (χ0) is 16.5. The Balaban J connectivity index is 1.75. The summed E-state index contributed by atoms with van der Waals surface area (Å²) in [5.74, 6) is 0.833. The van der Waals surface area contributed by atoms with E-state index in [9.17, 15) is 0 Å². The van der Waals surface area contributed by atoms with E-state index in [0.29, 0.717) is 6.04 Å². The molecule has 0 saturated carbocycles. The maximum Gasteiger partial charge on any atom is 0.191 e. The molecule has 2 rings (SSSR count). The van der Waals surface area contributed by atoms with Gasteiger partial charge in [-0.05, 0) is 19.1 Å². The summed E-state index contributed by atoms with van der Waals surface area (Å²) in [7, 11) is 1.79. The van der Waals surface area contributed by atoms with E-state index in [1.54, 1.807) is 7.05 Å². The first-order valence-corrected chi connectivity index (χ1v) is 8.34. The molecule has 0 aromatic heterocycles. The van der Waals surface area contributed by atoms with Gasteiger partial charge in [-0.2, -0.15) is 0 Å². The van der Waals surface area contributed by atoms with Crippen LogP contribution in [0.15, 0.2) is 48.0 Å². The molecule has 1 aliphatic heterocycles. The zero-order valence-corrected chi connectivity index (χ0v) is 14.3. The molecule has 0 spiro atoms. The van der Waals surface area contributed by atoms with Gasteiger partial charge in [0, 0.05) is 58.0 Å². The Kier molecular flexibility index (Phi) is 6.94. The summed E-state index contributed by atoms with van der Waals surface area (Å²) in [6, 6.07) is 11.1. The number of benzene rings is 1. The van der Waals surface area contributed by atoms with Crippen molar-refractivity contribution in [2.45, 2.75) is 13.0 Å². The summed E-state index contributed by atoms with van der Waals surface area (Å²) < 4.78 is 0. The number of nitrogens with zero attached hydrogens (tertiary/aromatic N) is 3. The van der Waals surface area contributed by atoms with Crippen LogP contribution in [0.2, 0.25) is 0 Å². The maximum atomic E-state index is 4.21. The van der Waals surface area contributed by atoms with Gasteiger partial charge < -0.3 is 15.5 Å². The SMILES string of the molecule is C=CCNC(=NC)NCC(C)N1CCN(c2ccccc2)CC1. The van der Waals surface area contributed by atoms with Crippen LogP contribution in [0.4, 0.5) is 5.69 Å². The molecule has 0 radical (unpaired) electrons.